The summed E-state index contributed by atoms with van der Waals surface area (Å²) < 4.78 is 0. The van der Waals surface area contributed by atoms with Crippen LogP contribution in [-0.2, 0) is 13.1 Å². The standard InChI is InChI=1S/C34H42N6S2/c1-3-5-7-9-11-13-19-39-35-31-25-23-28(30-18-16-22-42-30)34-32(36-40(38-34)20-14-12-10-8-6-4-2)26(25)24-27(33(31)37-39)29-17-15-21-41-29/h15-18,21-24H,3-14,19-20H2,1-2H3. The van der Waals surface area contributed by atoms with Crippen LogP contribution in [0.15, 0.2) is 47.2 Å². The summed E-state index contributed by atoms with van der Waals surface area (Å²) >= 11 is 3.50. The van der Waals surface area contributed by atoms with E-state index in [1.54, 1.807) is 22.7 Å². The van der Waals surface area contributed by atoms with Gasteiger partial charge in [-0.3, -0.25) is 0 Å². The summed E-state index contributed by atoms with van der Waals surface area (Å²) in [7, 11) is 0. The minimum atomic E-state index is 0.848. The third-order valence-electron chi connectivity index (χ3n) is 8.19. The van der Waals surface area contributed by atoms with Crippen molar-refractivity contribution >= 4 is 55.5 Å². The van der Waals surface area contributed by atoms with Crippen LogP contribution in [0.5, 0.6) is 0 Å². The van der Waals surface area contributed by atoms with Gasteiger partial charge in [-0.2, -0.15) is 30.0 Å². The monoisotopic (exact) mass is 598 g/mol. The first-order valence-electron chi connectivity index (χ1n) is 15.9. The number of aryl methyl sites for hydroxylation is 2. The zero-order valence-corrected chi connectivity index (χ0v) is 26.7. The van der Waals surface area contributed by atoms with Crippen LogP contribution in [0.2, 0.25) is 0 Å². The molecule has 0 aliphatic heterocycles. The summed E-state index contributed by atoms with van der Waals surface area (Å²) in [4.78, 5) is 6.29. The van der Waals surface area contributed by atoms with Gasteiger partial charge in [-0.15, -0.1) is 22.7 Å². The summed E-state index contributed by atoms with van der Waals surface area (Å²) in [5.74, 6) is 0. The maximum Gasteiger partial charge on any atom is 0.122 e. The first-order valence-corrected chi connectivity index (χ1v) is 17.7. The molecule has 0 bridgehead atoms. The van der Waals surface area contributed by atoms with Crippen molar-refractivity contribution in [3.8, 4) is 20.9 Å². The number of hydrogen-bond donors (Lipinski definition) is 0. The van der Waals surface area contributed by atoms with Crippen molar-refractivity contribution in [1.29, 1.82) is 0 Å². The van der Waals surface area contributed by atoms with Crippen LogP contribution in [0.1, 0.15) is 90.9 Å². The van der Waals surface area contributed by atoms with Gasteiger partial charge < -0.3 is 0 Å². The van der Waals surface area contributed by atoms with E-state index in [1.165, 1.54) is 74.0 Å². The molecule has 0 fully saturated rings. The molecule has 220 valence electrons. The number of hydrogen-bond acceptors (Lipinski definition) is 6. The van der Waals surface area contributed by atoms with Gasteiger partial charge in [0.1, 0.15) is 22.1 Å². The summed E-state index contributed by atoms with van der Waals surface area (Å²) in [6.45, 7) is 6.23. The van der Waals surface area contributed by atoms with Crippen molar-refractivity contribution in [2.24, 2.45) is 0 Å². The highest BCUT2D eigenvalue weighted by molar-refractivity contribution is 7.14. The molecule has 6 aromatic rings. The summed E-state index contributed by atoms with van der Waals surface area (Å²) in [6.07, 6.45) is 15.1. The quantitative estimate of drug-likeness (QED) is 0.104. The molecule has 2 aromatic carbocycles. The first-order chi connectivity index (χ1) is 20.8. The van der Waals surface area contributed by atoms with Gasteiger partial charge in [-0.25, -0.2) is 0 Å². The fourth-order valence-electron chi connectivity index (χ4n) is 5.90. The van der Waals surface area contributed by atoms with Crippen molar-refractivity contribution in [1.82, 2.24) is 30.0 Å². The lowest BCUT2D eigenvalue weighted by molar-refractivity contribution is 0.488. The van der Waals surface area contributed by atoms with E-state index in [4.69, 9.17) is 20.4 Å². The molecule has 0 N–H and O–H groups in total. The highest BCUT2D eigenvalue weighted by Gasteiger charge is 2.21. The Hall–Kier alpha value is -3.10. The number of unbranched alkanes of at least 4 members (excludes halogenated alkanes) is 10. The fourth-order valence-corrected chi connectivity index (χ4v) is 7.39. The second kappa shape index (κ2) is 13.9. The molecule has 6 nitrogen and oxygen atoms in total. The number of benzene rings is 2. The Morgan fingerprint density at radius 2 is 0.929 bits per heavy atom. The summed E-state index contributed by atoms with van der Waals surface area (Å²) in [5, 5.41) is 26.9. The largest absolute Gasteiger partial charge is 0.184 e. The lowest BCUT2D eigenvalue weighted by Crippen LogP contribution is -2.02. The molecule has 0 atom stereocenters. The number of thiophene rings is 2. The second-order valence-electron chi connectivity index (χ2n) is 11.4. The number of aromatic nitrogens is 6. The molecule has 4 heterocycles. The van der Waals surface area contributed by atoms with Gasteiger partial charge in [0.2, 0.25) is 0 Å². The van der Waals surface area contributed by atoms with Crippen molar-refractivity contribution in [3.63, 3.8) is 0 Å². The zero-order valence-electron chi connectivity index (χ0n) is 25.0. The Balaban J connectivity index is 1.42. The van der Waals surface area contributed by atoms with Crippen LogP contribution in [0.25, 0.3) is 53.7 Å². The van der Waals surface area contributed by atoms with Crippen molar-refractivity contribution in [3.05, 3.63) is 47.2 Å². The smallest absolute Gasteiger partial charge is 0.122 e. The van der Waals surface area contributed by atoms with E-state index >= 15 is 0 Å². The van der Waals surface area contributed by atoms with Crippen LogP contribution in [0.3, 0.4) is 0 Å². The molecule has 4 aromatic heterocycles. The first kappa shape index (κ1) is 29.0. The Kier molecular flexibility index (Phi) is 9.61. The molecule has 0 radical (unpaired) electrons. The Morgan fingerprint density at radius 3 is 1.33 bits per heavy atom. The van der Waals surface area contributed by atoms with Crippen molar-refractivity contribution < 1.29 is 0 Å². The Morgan fingerprint density at radius 1 is 0.524 bits per heavy atom. The molecule has 0 aliphatic rings. The van der Waals surface area contributed by atoms with Crippen LogP contribution in [0.4, 0.5) is 0 Å². The lowest BCUT2D eigenvalue weighted by Gasteiger charge is -2.07. The Labute approximate surface area is 256 Å². The van der Waals surface area contributed by atoms with Gasteiger partial charge in [0.15, 0.2) is 0 Å². The maximum absolute atomic E-state index is 5.13. The average molecular weight is 599 g/mol. The third-order valence-corrected chi connectivity index (χ3v) is 10.0. The van der Waals surface area contributed by atoms with Crippen LogP contribution < -0.4 is 0 Å². The normalized spacial score (nSPS) is 12.0. The van der Waals surface area contributed by atoms with E-state index in [0.29, 0.717) is 0 Å². The van der Waals surface area contributed by atoms with Gasteiger partial charge in [0.05, 0.1) is 13.1 Å². The average Bonchev–Trinajstić information content (AvgIpc) is 3.82. The molecule has 0 spiro atoms. The van der Waals surface area contributed by atoms with Gasteiger partial charge in [0, 0.05) is 31.7 Å². The van der Waals surface area contributed by atoms with Crippen LogP contribution >= 0.6 is 22.7 Å². The third kappa shape index (κ3) is 6.30. The maximum atomic E-state index is 5.13. The second-order valence-corrected chi connectivity index (χ2v) is 13.3. The van der Waals surface area contributed by atoms with Crippen molar-refractivity contribution in [2.45, 2.75) is 104 Å². The highest BCUT2D eigenvalue weighted by Crippen LogP contribution is 2.41. The molecule has 0 unspecified atom stereocenters. The van der Waals surface area contributed by atoms with E-state index in [2.05, 4.69) is 61.0 Å². The molecule has 42 heavy (non-hydrogen) atoms. The number of nitrogens with zero attached hydrogens (tertiary/aromatic N) is 6. The van der Waals surface area contributed by atoms with E-state index < -0.39 is 0 Å². The summed E-state index contributed by atoms with van der Waals surface area (Å²) in [6, 6.07) is 13.2. The number of rotatable bonds is 16. The predicted octanol–water partition coefficient (Wildman–Crippen LogP) is 10.5. The van der Waals surface area contributed by atoms with Gasteiger partial charge >= 0.3 is 0 Å². The molecule has 8 heteroatoms. The molecule has 0 saturated carbocycles. The van der Waals surface area contributed by atoms with E-state index in [9.17, 15) is 0 Å². The number of fused-ring (bicyclic) bond motifs is 5. The Bertz CT molecular complexity index is 1580. The van der Waals surface area contributed by atoms with E-state index in [0.717, 1.165) is 69.9 Å². The lowest BCUT2D eigenvalue weighted by atomic mass is 9.99. The van der Waals surface area contributed by atoms with Gasteiger partial charge in [-0.1, -0.05) is 90.2 Å². The molecular weight excluding hydrogens is 557 g/mol. The van der Waals surface area contributed by atoms with Crippen LogP contribution in [0, 0.1) is 0 Å². The van der Waals surface area contributed by atoms with Gasteiger partial charge in [-0.05, 0) is 47.9 Å². The minimum absolute atomic E-state index is 0.848. The van der Waals surface area contributed by atoms with Crippen molar-refractivity contribution in [2.75, 3.05) is 0 Å². The highest BCUT2D eigenvalue weighted by atomic mass is 32.1. The molecule has 6 rings (SSSR count). The zero-order chi connectivity index (χ0) is 28.7. The van der Waals surface area contributed by atoms with E-state index in [1.807, 2.05) is 9.59 Å². The van der Waals surface area contributed by atoms with Crippen LogP contribution in [-0.4, -0.2) is 30.0 Å². The topological polar surface area (TPSA) is 61.4 Å². The molecule has 0 saturated heterocycles. The fraction of sp³-hybridized carbons (Fsp3) is 0.471. The molecule has 0 aliphatic carbocycles. The SMILES string of the molecule is CCCCCCCCn1nc2c(-c3cccs3)cc3c(cc(-c4cccs4)c4nn(CCCCCCCC)nc43)c2n1. The predicted molar refractivity (Wildman–Crippen MR) is 179 cm³/mol. The molecule has 0 amide bonds. The minimum Gasteiger partial charge on any atom is -0.184 e. The van der Waals surface area contributed by atoms with Gasteiger partial charge in [0.25, 0.3) is 0 Å². The summed E-state index contributed by atoms with van der Waals surface area (Å²) in [5.41, 5.74) is 6.16. The van der Waals surface area contributed by atoms with E-state index in [-0.39, 0.29) is 0 Å². The molecular formula is C34H42N6S2.